The molecular weight excluding hydrogens is 746 g/mol. The van der Waals surface area contributed by atoms with Gasteiger partial charge in [0.25, 0.3) is 11.8 Å². The number of aryl methyl sites for hydroxylation is 1. The molecule has 0 spiro atoms. The monoisotopic (exact) mass is 791 g/mol. The van der Waals surface area contributed by atoms with Gasteiger partial charge in [0.05, 0.1) is 22.3 Å². The van der Waals surface area contributed by atoms with E-state index in [1.807, 2.05) is 19.1 Å². The number of fused-ring (bicyclic) bond motifs is 3. The Bertz CT molecular complexity index is 2220. The number of nitrogens with zero attached hydrogens (tertiary/aromatic N) is 4. The van der Waals surface area contributed by atoms with Crippen molar-refractivity contribution in [1.29, 1.82) is 0 Å². The molecule has 3 N–H and O–H groups in total. The van der Waals surface area contributed by atoms with E-state index in [1.165, 1.54) is 23.1 Å². The van der Waals surface area contributed by atoms with Gasteiger partial charge in [0.15, 0.2) is 5.69 Å². The number of aromatic nitrogens is 3. The molecule has 2 aliphatic heterocycles. The molecule has 4 heterocycles. The van der Waals surface area contributed by atoms with Crippen molar-refractivity contribution < 1.29 is 41.2 Å². The first-order chi connectivity index (χ1) is 26.8. The predicted octanol–water partition coefficient (Wildman–Crippen LogP) is 3.74. The van der Waals surface area contributed by atoms with E-state index in [4.69, 9.17) is 9.26 Å². The third kappa shape index (κ3) is 7.49. The van der Waals surface area contributed by atoms with E-state index < -0.39 is 73.9 Å². The van der Waals surface area contributed by atoms with Crippen molar-refractivity contribution in [3.8, 4) is 5.88 Å². The molecule has 5 atom stereocenters. The van der Waals surface area contributed by atoms with E-state index in [0.717, 1.165) is 25.7 Å². The average Bonchev–Trinajstić information content (AvgIpc) is 4.13. The fraction of sp³-hybridized carbons (Fsp3) is 0.564. The van der Waals surface area contributed by atoms with Crippen molar-refractivity contribution in [2.75, 3.05) is 6.54 Å². The molecule has 4 fully saturated rings. The van der Waals surface area contributed by atoms with Crippen LogP contribution in [-0.4, -0.2) is 87.1 Å². The largest absolute Gasteiger partial charge is 0.471 e. The van der Waals surface area contributed by atoms with Crippen molar-refractivity contribution in [2.45, 2.75) is 125 Å². The minimum Gasteiger partial charge on any atom is -0.471 e. The van der Waals surface area contributed by atoms with Crippen LogP contribution in [0.1, 0.15) is 112 Å². The fourth-order valence-corrected chi connectivity index (χ4v) is 8.98. The molecular formula is C39H46FN7O8S. The van der Waals surface area contributed by atoms with Gasteiger partial charge in [0.2, 0.25) is 27.7 Å². The van der Waals surface area contributed by atoms with E-state index in [9.17, 15) is 32.0 Å². The first-order valence-corrected chi connectivity index (χ1v) is 21.0. The maximum Gasteiger partial charge on any atom is 0.274 e. The van der Waals surface area contributed by atoms with Gasteiger partial charge in [0.1, 0.15) is 41.0 Å². The second-order valence-electron chi connectivity index (χ2n) is 16.1. The summed E-state index contributed by atoms with van der Waals surface area (Å²) in [5, 5.41) is 9.66. The Morgan fingerprint density at radius 2 is 1.89 bits per heavy atom. The van der Waals surface area contributed by atoms with Crippen molar-refractivity contribution in [3.63, 3.8) is 0 Å². The Kier molecular flexibility index (Phi) is 9.86. The molecule has 298 valence electrons. The highest BCUT2D eigenvalue weighted by Gasteiger charge is 2.63. The molecule has 2 unspecified atom stereocenters. The number of nitrogens with one attached hydrogen (secondary N) is 3. The van der Waals surface area contributed by atoms with Crippen LogP contribution in [0.25, 0.3) is 11.0 Å². The van der Waals surface area contributed by atoms with Gasteiger partial charge in [-0.15, -0.1) is 0 Å². The second kappa shape index (κ2) is 14.5. The maximum absolute atomic E-state index is 14.6. The molecule has 0 radical (unpaired) electrons. The van der Waals surface area contributed by atoms with Crippen LogP contribution in [0.15, 0.2) is 40.9 Å². The Labute approximate surface area is 323 Å². The molecule has 1 saturated heterocycles. The topological polar surface area (TPSA) is 203 Å². The van der Waals surface area contributed by atoms with Crippen LogP contribution in [-0.2, 0) is 30.8 Å². The highest BCUT2D eigenvalue weighted by atomic mass is 32.2. The third-order valence-corrected chi connectivity index (χ3v) is 14.0. The summed E-state index contributed by atoms with van der Waals surface area (Å²) in [7, 11) is -4.01. The number of ether oxygens (including phenoxy) is 1. The molecule has 15 nitrogen and oxygen atoms in total. The number of rotatable bonds is 9. The van der Waals surface area contributed by atoms with Gasteiger partial charge in [-0.05, 0) is 76.8 Å². The Hall–Kier alpha value is -4.93. The minimum atomic E-state index is -4.01. The quantitative estimate of drug-likeness (QED) is 0.267. The number of sulfonamides is 1. The van der Waals surface area contributed by atoms with Crippen LogP contribution in [0, 0.1) is 11.7 Å². The highest BCUT2D eigenvalue weighted by molar-refractivity contribution is 7.91. The first-order valence-electron chi connectivity index (χ1n) is 19.6. The molecule has 17 heteroatoms. The molecule has 1 aromatic carbocycles. The molecule has 5 aliphatic rings. The van der Waals surface area contributed by atoms with E-state index in [0.29, 0.717) is 49.1 Å². The zero-order valence-corrected chi connectivity index (χ0v) is 32.2. The SMILES string of the molecule is CCc1nc2ccc(F)cc2nc1O[C@@H]1C[C@H]2C(=O)N[C@]3(C(=O)NS(=O)(=O)C4(C)CC4)CC3/C=C\CCCCCC(NC(=O)c3cc(C4CC4)on3)C(=O)N2C1. The zero-order valence-electron chi connectivity index (χ0n) is 31.4. The molecule has 3 aliphatic carbocycles. The van der Waals surface area contributed by atoms with Crippen molar-refractivity contribution in [3.05, 3.63) is 59.4 Å². The van der Waals surface area contributed by atoms with Crippen LogP contribution < -0.4 is 20.1 Å². The molecule has 56 heavy (non-hydrogen) atoms. The van der Waals surface area contributed by atoms with Crippen LogP contribution in [0.2, 0.25) is 0 Å². The molecule has 4 amide bonds. The standard InChI is InChI=1S/C39H46FN7O8S/c1-3-26-35(43-29-17-24(40)13-14-27(29)41-26)54-25-18-31-34(49)44-39(37(51)46-56(52,53)38(2)15-16-38)20-23(39)9-7-5-4-6-8-10-28(36(50)47(31)21-25)42-33(48)30-19-32(55-45-30)22-11-12-22/h7,9,13-14,17,19,22-23,25,28,31H,3-6,8,10-12,15-16,18,20-21H2,1-2H3,(H,42,48)(H,44,49)(H,46,51)/b9-7-/t23?,25-,28?,31+,39-/m1/s1. The number of carbonyl (C=O) groups is 4. The lowest BCUT2D eigenvalue weighted by Gasteiger charge is -2.30. The maximum atomic E-state index is 14.6. The van der Waals surface area contributed by atoms with Gasteiger partial charge in [-0.25, -0.2) is 22.8 Å². The zero-order chi connectivity index (χ0) is 39.4. The molecule has 2 aromatic heterocycles. The Morgan fingerprint density at radius 3 is 2.64 bits per heavy atom. The molecule has 3 saturated carbocycles. The van der Waals surface area contributed by atoms with Crippen molar-refractivity contribution in [2.24, 2.45) is 5.92 Å². The molecule has 0 bridgehead atoms. The lowest BCUT2D eigenvalue weighted by molar-refractivity contribution is -0.141. The Morgan fingerprint density at radius 1 is 1.09 bits per heavy atom. The summed E-state index contributed by atoms with van der Waals surface area (Å²) in [6.45, 7) is 3.36. The van der Waals surface area contributed by atoms with E-state index in [-0.39, 0.29) is 48.8 Å². The highest BCUT2D eigenvalue weighted by Crippen LogP contribution is 2.47. The van der Waals surface area contributed by atoms with Gasteiger partial charge >= 0.3 is 0 Å². The number of amides is 4. The van der Waals surface area contributed by atoms with Crippen molar-refractivity contribution >= 4 is 44.7 Å². The number of carbonyl (C=O) groups excluding carboxylic acids is 4. The summed E-state index contributed by atoms with van der Waals surface area (Å²) in [5.41, 5.74) is -0.244. The van der Waals surface area contributed by atoms with Crippen LogP contribution in [0.4, 0.5) is 4.39 Å². The van der Waals surface area contributed by atoms with Gasteiger partial charge in [-0.1, -0.05) is 37.1 Å². The molecule has 8 rings (SSSR count). The van der Waals surface area contributed by atoms with E-state index >= 15 is 0 Å². The lowest BCUT2D eigenvalue weighted by atomic mass is 10.0. The number of hydrogen-bond acceptors (Lipinski definition) is 11. The number of halogens is 1. The van der Waals surface area contributed by atoms with Crippen molar-refractivity contribution in [1.82, 2.24) is 35.4 Å². The van der Waals surface area contributed by atoms with Gasteiger partial charge < -0.3 is 24.8 Å². The average molecular weight is 792 g/mol. The number of hydrogen-bond donors (Lipinski definition) is 3. The first kappa shape index (κ1) is 38.0. The van der Waals surface area contributed by atoms with E-state index in [1.54, 1.807) is 13.0 Å². The summed E-state index contributed by atoms with van der Waals surface area (Å²) in [6.07, 6.45) is 9.38. The number of benzene rings is 1. The predicted molar refractivity (Wildman–Crippen MR) is 199 cm³/mol. The summed E-state index contributed by atoms with van der Waals surface area (Å²) < 4.78 is 53.4. The van der Waals surface area contributed by atoms with Crippen LogP contribution in [0.3, 0.4) is 0 Å². The summed E-state index contributed by atoms with van der Waals surface area (Å²) in [6, 6.07) is 3.45. The normalized spacial score (nSPS) is 28.2. The minimum absolute atomic E-state index is 0.0210. The fourth-order valence-electron chi connectivity index (χ4n) is 7.67. The van der Waals surface area contributed by atoms with Gasteiger partial charge in [0, 0.05) is 30.4 Å². The van der Waals surface area contributed by atoms with Crippen LogP contribution >= 0.6 is 0 Å². The Balaban J connectivity index is 1.10. The lowest BCUT2D eigenvalue weighted by Crippen LogP contribution is -2.58. The van der Waals surface area contributed by atoms with Crippen LogP contribution in [0.5, 0.6) is 5.88 Å². The molecule has 3 aromatic rings. The third-order valence-electron chi connectivity index (χ3n) is 11.8. The smallest absolute Gasteiger partial charge is 0.274 e. The second-order valence-corrected chi connectivity index (χ2v) is 18.3. The van der Waals surface area contributed by atoms with Gasteiger partial charge in [-0.3, -0.25) is 23.9 Å². The number of allylic oxidation sites excluding steroid dienone is 1. The summed E-state index contributed by atoms with van der Waals surface area (Å²) in [4.78, 5) is 67.0. The van der Waals surface area contributed by atoms with E-state index in [2.05, 4.69) is 30.5 Å². The van der Waals surface area contributed by atoms with Gasteiger partial charge in [-0.2, -0.15) is 0 Å². The summed E-state index contributed by atoms with van der Waals surface area (Å²) >= 11 is 0. The summed E-state index contributed by atoms with van der Waals surface area (Å²) in [5.74, 6) is -2.58.